The van der Waals surface area contributed by atoms with Gasteiger partial charge in [-0.25, -0.2) is 8.42 Å². The molecule has 3 rings (SSSR count). The Labute approximate surface area is 172 Å². The van der Waals surface area contributed by atoms with Crippen molar-refractivity contribution in [3.05, 3.63) is 41.9 Å². The highest BCUT2D eigenvalue weighted by Crippen LogP contribution is 2.32. The highest BCUT2D eigenvalue weighted by molar-refractivity contribution is 7.89. The second-order valence-corrected chi connectivity index (χ2v) is 9.14. The largest absolute Gasteiger partial charge is 0.459 e. The normalized spacial score (nSPS) is 15.0. The van der Waals surface area contributed by atoms with Gasteiger partial charge in [0.2, 0.25) is 10.0 Å². The molecule has 0 aliphatic carbocycles. The van der Waals surface area contributed by atoms with Crippen molar-refractivity contribution in [2.45, 2.75) is 44.9 Å². The van der Waals surface area contributed by atoms with E-state index in [1.165, 1.54) is 17.0 Å². The molecule has 1 aromatic heterocycles. The topological polar surface area (TPSA) is 82.9 Å². The molecule has 1 aromatic carbocycles. The van der Waals surface area contributed by atoms with Crippen LogP contribution in [-0.2, 0) is 10.0 Å². The Morgan fingerprint density at radius 1 is 1.14 bits per heavy atom. The number of nitrogens with one attached hydrogen (secondary N) is 1. The summed E-state index contributed by atoms with van der Waals surface area (Å²) in [5.41, 5.74) is 2.05. The summed E-state index contributed by atoms with van der Waals surface area (Å²) in [4.78, 5) is 15.1. The minimum Gasteiger partial charge on any atom is -0.459 e. The zero-order valence-corrected chi connectivity index (χ0v) is 18.1. The summed E-state index contributed by atoms with van der Waals surface area (Å²) in [5.74, 6) is -0.158. The van der Waals surface area contributed by atoms with E-state index in [9.17, 15) is 13.2 Å². The second-order valence-electron chi connectivity index (χ2n) is 7.20. The van der Waals surface area contributed by atoms with E-state index in [0.717, 1.165) is 37.2 Å². The van der Waals surface area contributed by atoms with Gasteiger partial charge in [0, 0.05) is 31.7 Å². The fourth-order valence-electron chi connectivity index (χ4n) is 3.68. The number of hydrogen-bond acceptors (Lipinski definition) is 5. The molecule has 0 saturated carbocycles. The van der Waals surface area contributed by atoms with Crippen LogP contribution < -0.4 is 10.2 Å². The number of sulfonamides is 1. The standard InChI is InChI=1S/C21H29N3O4S/c1-4-24(5-2)29(26,27)17-9-10-19(23-12-7-6-8-13-23)18(15-17)22-21(25)20-16(3)11-14-28-20/h9-11,14-15H,4-8,12-13H2,1-3H3,(H,22,25). The molecular weight excluding hydrogens is 390 g/mol. The van der Waals surface area contributed by atoms with Crippen molar-refractivity contribution < 1.29 is 17.6 Å². The van der Waals surface area contributed by atoms with E-state index in [2.05, 4.69) is 10.2 Å². The number of furan rings is 1. The Hall–Kier alpha value is -2.32. The van der Waals surface area contributed by atoms with Gasteiger partial charge in [0.1, 0.15) is 0 Å². The van der Waals surface area contributed by atoms with Crippen LogP contribution in [0.4, 0.5) is 11.4 Å². The highest BCUT2D eigenvalue weighted by atomic mass is 32.2. The van der Waals surface area contributed by atoms with Crippen molar-refractivity contribution in [3.63, 3.8) is 0 Å². The molecule has 2 aromatic rings. The lowest BCUT2D eigenvalue weighted by Gasteiger charge is -2.31. The van der Waals surface area contributed by atoms with Crippen molar-refractivity contribution in [2.24, 2.45) is 0 Å². The number of piperidine rings is 1. The molecule has 0 bridgehead atoms. The molecule has 1 amide bonds. The third kappa shape index (κ3) is 4.48. The monoisotopic (exact) mass is 419 g/mol. The van der Waals surface area contributed by atoms with Gasteiger partial charge in [-0.2, -0.15) is 4.31 Å². The lowest BCUT2D eigenvalue weighted by atomic mass is 10.1. The molecule has 1 N–H and O–H groups in total. The first-order valence-corrected chi connectivity index (χ1v) is 11.6. The SMILES string of the molecule is CCN(CC)S(=O)(=O)c1ccc(N2CCCCC2)c(NC(=O)c2occc2C)c1. The Bertz CT molecular complexity index is 958. The van der Waals surface area contributed by atoms with E-state index in [-0.39, 0.29) is 16.6 Å². The zero-order valence-electron chi connectivity index (χ0n) is 17.3. The van der Waals surface area contributed by atoms with Crippen LogP contribution in [0.3, 0.4) is 0 Å². The summed E-state index contributed by atoms with van der Waals surface area (Å²) in [6.07, 6.45) is 4.80. The number of anilines is 2. The van der Waals surface area contributed by atoms with Gasteiger partial charge in [-0.15, -0.1) is 0 Å². The van der Waals surface area contributed by atoms with Crippen LogP contribution in [0.25, 0.3) is 0 Å². The number of amides is 1. The van der Waals surface area contributed by atoms with Crippen LogP contribution in [0.1, 0.15) is 49.2 Å². The van der Waals surface area contributed by atoms with Crippen molar-refractivity contribution >= 4 is 27.3 Å². The summed E-state index contributed by atoms with van der Waals surface area (Å²) in [7, 11) is -3.63. The lowest BCUT2D eigenvalue weighted by Crippen LogP contribution is -2.32. The average Bonchev–Trinajstić information content (AvgIpc) is 3.15. The third-order valence-corrected chi connectivity index (χ3v) is 7.37. The molecule has 1 aliphatic heterocycles. The fraction of sp³-hybridized carbons (Fsp3) is 0.476. The Morgan fingerprint density at radius 3 is 2.41 bits per heavy atom. The first-order chi connectivity index (χ1) is 13.9. The molecule has 0 atom stereocenters. The predicted octanol–water partition coefficient (Wildman–Crippen LogP) is 3.86. The molecule has 0 radical (unpaired) electrons. The van der Waals surface area contributed by atoms with E-state index in [1.807, 2.05) is 13.8 Å². The van der Waals surface area contributed by atoms with Gasteiger partial charge in [-0.1, -0.05) is 13.8 Å². The van der Waals surface area contributed by atoms with Crippen LogP contribution in [0, 0.1) is 6.92 Å². The minimum atomic E-state index is -3.63. The zero-order chi connectivity index (χ0) is 21.0. The Balaban J connectivity index is 2.01. The van der Waals surface area contributed by atoms with Crippen molar-refractivity contribution in [2.75, 3.05) is 36.4 Å². The molecule has 158 valence electrons. The summed E-state index contributed by atoms with van der Waals surface area (Å²) < 4.78 is 32.7. The lowest BCUT2D eigenvalue weighted by molar-refractivity contribution is 0.0996. The summed E-state index contributed by atoms with van der Waals surface area (Å²) >= 11 is 0. The van der Waals surface area contributed by atoms with Crippen molar-refractivity contribution in [3.8, 4) is 0 Å². The molecular formula is C21H29N3O4S. The molecule has 1 fully saturated rings. The average molecular weight is 420 g/mol. The van der Waals surface area contributed by atoms with Crippen LogP contribution in [0.5, 0.6) is 0 Å². The van der Waals surface area contributed by atoms with Gasteiger partial charge >= 0.3 is 0 Å². The van der Waals surface area contributed by atoms with Gasteiger partial charge in [-0.05, 0) is 50.5 Å². The summed E-state index contributed by atoms with van der Waals surface area (Å²) in [5, 5.41) is 2.88. The van der Waals surface area contributed by atoms with Crippen LogP contribution >= 0.6 is 0 Å². The van der Waals surface area contributed by atoms with Crippen LogP contribution in [0.15, 0.2) is 39.8 Å². The maximum Gasteiger partial charge on any atom is 0.291 e. The Kier molecular flexibility index (Phi) is 6.64. The molecule has 2 heterocycles. The van der Waals surface area contributed by atoms with Gasteiger partial charge in [0.15, 0.2) is 5.76 Å². The summed E-state index contributed by atoms with van der Waals surface area (Å²) in [6, 6.07) is 6.72. The summed E-state index contributed by atoms with van der Waals surface area (Å²) in [6.45, 7) is 7.96. The molecule has 7 nitrogen and oxygen atoms in total. The van der Waals surface area contributed by atoms with Crippen molar-refractivity contribution in [1.29, 1.82) is 0 Å². The molecule has 0 unspecified atom stereocenters. The maximum absolute atomic E-state index is 13.0. The minimum absolute atomic E-state index is 0.174. The van der Waals surface area contributed by atoms with E-state index < -0.39 is 10.0 Å². The number of rotatable bonds is 7. The maximum atomic E-state index is 13.0. The predicted molar refractivity (Wildman–Crippen MR) is 114 cm³/mol. The molecule has 1 aliphatic rings. The van der Waals surface area contributed by atoms with Gasteiger partial charge < -0.3 is 14.6 Å². The number of aryl methyl sites for hydroxylation is 1. The molecule has 29 heavy (non-hydrogen) atoms. The van der Waals surface area contributed by atoms with E-state index >= 15 is 0 Å². The van der Waals surface area contributed by atoms with Gasteiger partial charge in [-0.3, -0.25) is 4.79 Å². The smallest absolute Gasteiger partial charge is 0.291 e. The second kappa shape index (κ2) is 9.00. The van der Waals surface area contributed by atoms with Gasteiger partial charge in [0.25, 0.3) is 5.91 Å². The van der Waals surface area contributed by atoms with Gasteiger partial charge in [0.05, 0.1) is 22.5 Å². The number of benzene rings is 1. The molecule has 1 saturated heterocycles. The molecule has 0 spiro atoms. The Morgan fingerprint density at radius 2 is 1.83 bits per heavy atom. The first kappa shape index (κ1) is 21.4. The first-order valence-electron chi connectivity index (χ1n) is 10.1. The van der Waals surface area contributed by atoms with E-state index in [4.69, 9.17) is 4.42 Å². The number of hydrogen-bond donors (Lipinski definition) is 1. The highest BCUT2D eigenvalue weighted by Gasteiger charge is 2.25. The quantitative estimate of drug-likeness (QED) is 0.737. The van der Waals surface area contributed by atoms with Crippen LogP contribution in [-0.4, -0.2) is 44.8 Å². The van der Waals surface area contributed by atoms with E-state index in [1.54, 1.807) is 31.2 Å². The number of carbonyl (C=O) groups is 1. The van der Waals surface area contributed by atoms with Crippen LogP contribution in [0.2, 0.25) is 0 Å². The molecule has 8 heteroatoms. The van der Waals surface area contributed by atoms with E-state index in [0.29, 0.717) is 18.8 Å². The number of carbonyl (C=O) groups excluding carboxylic acids is 1. The number of nitrogens with zero attached hydrogens (tertiary/aromatic N) is 2. The van der Waals surface area contributed by atoms with Crippen molar-refractivity contribution in [1.82, 2.24) is 4.31 Å². The third-order valence-electron chi connectivity index (χ3n) is 5.32. The fourth-order valence-corrected chi connectivity index (χ4v) is 5.17.